The van der Waals surface area contributed by atoms with Crippen LogP contribution in [-0.4, -0.2) is 22.5 Å². The highest BCUT2D eigenvalue weighted by molar-refractivity contribution is 9.11. The molecule has 0 fully saturated rings. The van der Waals surface area contributed by atoms with Gasteiger partial charge >= 0.3 is 0 Å². The second kappa shape index (κ2) is 6.19. The molecule has 1 amide bonds. The van der Waals surface area contributed by atoms with Crippen LogP contribution >= 0.6 is 31.9 Å². The van der Waals surface area contributed by atoms with E-state index < -0.39 is 11.5 Å². The minimum Gasteiger partial charge on any atom is -0.506 e. The van der Waals surface area contributed by atoms with Crippen LogP contribution < -0.4 is 10.9 Å². The Morgan fingerprint density at radius 1 is 1.38 bits per heavy atom. The Morgan fingerprint density at radius 3 is 2.67 bits per heavy atom. The Kier molecular flexibility index (Phi) is 4.73. The zero-order chi connectivity index (χ0) is 15.7. The van der Waals surface area contributed by atoms with Gasteiger partial charge in [0.2, 0.25) is 0 Å². The molecule has 1 heterocycles. The second-order valence-electron chi connectivity index (χ2n) is 5.09. The van der Waals surface area contributed by atoms with Crippen LogP contribution in [0.1, 0.15) is 24.2 Å². The number of aromatic amines is 1. The molecule has 0 radical (unpaired) electrons. The van der Waals surface area contributed by atoms with Crippen LogP contribution in [0.3, 0.4) is 0 Å². The Balaban J connectivity index is 2.60. The number of amides is 1. The van der Waals surface area contributed by atoms with Crippen LogP contribution in [-0.2, 0) is 0 Å². The summed E-state index contributed by atoms with van der Waals surface area (Å²) in [6.07, 6.45) is 0. The molecule has 7 heteroatoms. The second-order valence-corrected chi connectivity index (χ2v) is 6.86. The number of aromatic nitrogens is 1. The maximum Gasteiger partial charge on any atom is 0.265 e. The lowest BCUT2D eigenvalue weighted by atomic mass is 10.1. The molecule has 0 unspecified atom stereocenters. The third-order valence-corrected chi connectivity index (χ3v) is 3.99. The van der Waals surface area contributed by atoms with E-state index in [-0.39, 0.29) is 17.2 Å². The highest BCUT2D eigenvalue weighted by Crippen LogP contribution is 2.32. The number of aromatic hydroxyl groups is 1. The van der Waals surface area contributed by atoms with Crippen molar-refractivity contribution in [2.24, 2.45) is 5.92 Å². The Hall–Kier alpha value is -1.34. The third kappa shape index (κ3) is 3.29. The summed E-state index contributed by atoms with van der Waals surface area (Å²) < 4.78 is 1.34. The monoisotopic (exact) mass is 416 g/mol. The normalized spacial score (nSPS) is 11.1. The van der Waals surface area contributed by atoms with E-state index in [0.29, 0.717) is 21.9 Å². The Morgan fingerprint density at radius 2 is 2.05 bits per heavy atom. The predicted molar refractivity (Wildman–Crippen MR) is 88.8 cm³/mol. The SMILES string of the molecule is CC(C)CNC(=O)c1c(O)c2cc(Br)cc(Br)c2[nH]c1=O. The van der Waals surface area contributed by atoms with Gasteiger partial charge in [0.25, 0.3) is 11.5 Å². The van der Waals surface area contributed by atoms with Crippen molar-refractivity contribution >= 4 is 48.7 Å². The average molecular weight is 418 g/mol. The summed E-state index contributed by atoms with van der Waals surface area (Å²) in [4.78, 5) is 26.8. The lowest BCUT2D eigenvalue weighted by molar-refractivity contribution is 0.0945. The van der Waals surface area contributed by atoms with Crippen LogP contribution in [0.4, 0.5) is 0 Å². The summed E-state index contributed by atoms with van der Waals surface area (Å²) in [6.45, 7) is 4.32. The van der Waals surface area contributed by atoms with E-state index in [2.05, 4.69) is 42.2 Å². The number of pyridine rings is 1. The van der Waals surface area contributed by atoms with Gasteiger partial charge in [0.1, 0.15) is 11.3 Å². The number of carbonyl (C=O) groups excluding carboxylic acids is 1. The van der Waals surface area contributed by atoms with Crippen molar-refractivity contribution in [3.63, 3.8) is 0 Å². The number of H-pyrrole nitrogens is 1. The van der Waals surface area contributed by atoms with Crippen LogP contribution in [0.2, 0.25) is 0 Å². The van der Waals surface area contributed by atoms with Crippen LogP contribution in [0.5, 0.6) is 5.75 Å². The summed E-state index contributed by atoms with van der Waals surface area (Å²) >= 11 is 6.63. The van der Waals surface area contributed by atoms with E-state index in [1.165, 1.54) is 0 Å². The molecule has 0 aliphatic heterocycles. The van der Waals surface area contributed by atoms with Crippen molar-refractivity contribution in [3.8, 4) is 5.75 Å². The van der Waals surface area contributed by atoms with Gasteiger partial charge in [-0.3, -0.25) is 9.59 Å². The molecule has 0 spiro atoms. The van der Waals surface area contributed by atoms with Gasteiger partial charge in [0.05, 0.1) is 5.52 Å². The molecule has 1 aromatic heterocycles. The van der Waals surface area contributed by atoms with Crippen molar-refractivity contribution in [1.29, 1.82) is 0 Å². The zero-order valence-electron chi connectivity index (χ0n) is 11.5. The number of hydrogen-bond donors (Lipinski definition) is 3. The largest absolute Gasteiger partial charge is 0.506 e. The lowest BCUT2D eigenvalue weighted by Crippen LogP contribution is -2.32. The van der Waals surface area contributed by atoms with Gasteiger partial charge in [-0.15, -0.1) is 0 Å². The maximum absolute atomic E-state index is 12.1. The standard InChI is InChI=1S/C14H14Br2N2O3/c1-6(2)5-17-13(20)10-12(19)8-3-7(15)4-9(16)11(8)18-14(10)21/h3-4,6H,5H2,1-2H3,(H,17,20)(H2,18,19,21). The van der Waals surface area contributed by atoms with Crippen molar-refractivity contribution in [3.05, 3.63) is 37.0 Å². The molecule has 3 N–H and O–H groups in total. The molecule has 0 bridgehead atoms. The molecule has 0 saturated heterocycles. The number of halogens is 2. The fraction of sp³-hybridized carbons (Fsp3) is 0.286. The first-order valence-corrected chi connectivity index (χ1v) is 7.92. The first-order chi connectivity index (χ1) is 9.81. The Bertz CT molecular complexity index is 769. The van der Waals surface area contributed by atoms with Gasteiger partial charge in [-0.1, -0.05) is 29.8 Å². The molecule has 5 nitrogen and oxygen atoms in total. The minimum atomic E-state index is -0.621. The number of nitrogens with one attached hydrogen (secondary N) is 2. The first kappa shape index (κ1) is 16.0. The van der Waals surface area contributed by atoms with Crippen LogP contribution in [0.15, 0.2) is 25.9 Å². The quantitative estimate of drug-likeness (QED) is 0.717. The highest BCUT2D eigenvalue weighted by Gasteiger charge is 2.20. The maximum atomic E-state index is 12.1. The highest BCUT2D eigenvalue weighted by atomic mass is 79.9. The molecule has 0 saturated carbocycles. The van der Waals surface area contributed by atoms with Crippen LogP contribution in [0.25, 0.3) is 10.9 Å². The predicted octanol–water partition coefficient (Wildman–Crippen LogP) is 3.14. The molecule has 0 aliphatic carbocycles. The van der Waals surface area contributed by atoms with Gasteiger partial charge in [-0.25, -0.2) is 0 Å². The number of hydrogen-bond acceptors (Lipinski definition) is 3. The molecule has 21 heavy (non-hydrogen) atoms. The minimum absolute atomic E-state index is 0.249. The van der Waals surface area contributed by atoms with E-state index in [1.54, 1.807) is 12.1 Å². The zero-order valence-corrected chi connectivity index (χ0v) is 14.6. The number of carbonyl (C=O) groups is 1. The van der Waals surface area contributed by atoms with Crippen molar-refractivity contribution in [2.45, 2.75) is 13.8 Å². The Labute approximate surface area is 138 Å². The average Bonchev–Trinajstić information content (AvgIpc) is 2.38. The van der Waals surface area contributed by atoms with Crippen LogP contribution in [0, 0.1) is 5.92 Å². The molecule has 112 valence electrons. The van der Waals surface area contributed by atoms with E-state index in [0.717, 1.165) is 4.47 Å². The van der Waals surface area contributed by atoms with Gasteiger partial charge < -0.3 is 15.4 Å². The van der Waals surface area contributed by atoms with E-state index in [9.17, 15) is 14.7 Å². The summed E-state index contributed by atoms with van der Waals surface area (Å²) in [5.41, 5.74) is -0.446. The molecule has 2 rings (SSSR count). The number of fused-ring (bicyclic) bond motifs is 1. The molecule has 0 aliphatic rings. The summed E-state index contributed by atoms with van der Waals surface area (Å²) in [5.74, 6) is -0.656. The smallest absolute Gasteiger partial charge is 0.265 e. The van der Waals surface area contributed by atoms with Gasteiger partial charge in [-0.05, 0) is 34.0 Å². The number of rotatable bonds is 3. The topological polar surface area (TPSA) is 82.2 Å². The summed E-state index contributed by atoms with van der Waals surface area (Å²) in [7, 11) is 0. The van der Waals surface area contributed by atoms with Gasteiger partial charge in [0.15, 0.2) is 0 Å². The molecule has 2 aromatic rings. The molecular weight excluding hydrogens is 404 g/mol. The molecule has 0 atom stereocenters. The number of benzene rings is 1. The third-order valence-electron chi connectivity index (χ3n) is 2.91. The van der Waals surface area contributed by atoms with Gasteiger partial charge in [-0.2, -0.15) is 0 Å². The summed E-state index contributed by atoms with van der Waals surface area (Å²) in [5, 5.41) is 13.3. The first-order valence-electron chi connectivity index (χ1n) is 6.33. The summed E-state index contributed by atoms with van der Waals surface area (Å²) in [6, 6.07) is 3.39. The fourth-order valence-electron chi connectivity index (χ4n) is 1.90. The van der Waals surface area contributed by atoms with Crippen molar-refractivity contribution in [1.82, 2.24) is 10.3 Å². The van der Waals surface area contributed by atoms with E-state index in [4.69, 9.17) is 0 Å². The van der Waals surface area contributed by atoms with Crippen molar-refractivity contribution < 1.29 is 9.90 Å². The van der Waals surface area contributed by atoms with E-state index in [1.807, 2.05) is 13.8 Å². The fourth-order valence-corrected chi connectivity index (χ4v) is 3.23. The van der Waals surface area contributed by atoms with E-state index >= 15 is 0 Å². The van der Waals surface area contributed by atoms with Crippen molar-refractivity contribution in [2.75, 3.05) is 6.54 Å². The van der Waals surface area contributed by atoms with Gasteiger partial charge in [0, 0.05) is 20.9 Å². The molecule has 1 aromatic carbocycles. The molecular formula is C14H14Br2N2O3. The lowest BCUT2D eigenvalue weighted by Gasteiger charge is -2.11.